The van der Waals surface area contributed by atoms with Gasteiger partial charge in [0.15, 0.2) is 5.69 Å². The topological polar surface area (TPSA) is 98.5 Å². The molecular formula is C16H19ClN6O. The van der Waals surface area contributed by atoms with E-state index in [1.807, 2.05) is 31.2 Å². The van der Waals surface area contributed by atoms with E-state index in [1.54, 1.807) is 0 Å². The molecule has 1 aliphatic rings. The Labute approximate surface area is 145 Å². The van der Waals surface area contributed by atoms with Crippen LogP contribution in [0.1, 0.15) is 40.5 Å². The SMILES string of the molecule is CC(NC(=O)c1n[nH]c2c1CNCC2)c1nc2ccccc2[nH]1.Cl. The number of nitrogens with one attached hydrogen (secondary N) is 4. The molecule has 0 aliphatic carbocycles. The van der Waals surface area contributed by atoms with Gasteiger partial charge in [0.1, 0.15) is 5.82 Å². The molecule has 0 radical (unpaired) electrons. The summed E-state index contributed by atoms with van der Waals surface area (Å²) in [5.74, 6) is 0.557. The lowest BCUT2D eigenvalue weighted by atomic mass is 10.1. The quantitative estimate of drug-likeness (QED) is 0.581. The van der Waals surface area contributed by atoms with E-state index in [9.17, 15) is 4.79 Å². The number of rotatable bonds is 3. The van der Waals surface area contributed by atoms with Crippen LogP contribution >= 0.6 is 12.4 Å². The molecule has 1 atom stereocenters. The second-order valence-electron chi connectivity index (χ2n) is 5.79. The van der Waals surface area contributed by atoms with Crippen molar-refractivity contribution in [2.75, 3.05) is 6.54 Å². The first-order valence-corrected chi connectivity index (χ1v) is 7.74. The first-order chi connectivity index (χ1) is 11.2. The van der Waals surface area contributed by atoms with E-state index >= 15 is 0 Å². The smallest absolute Gasteiger partial charge is 0.272 e. The number of H-pyrrole nitrogens is 2. The third kappa shape index (κ3) is 2.88. The first-order valence-electron chi connectivity index (χ1n) is 7.74. The van der Waals surface area contributed by atoms with Crippen molar-refractivity contribution in [2.24, 2.45) is 0 Å². The molecule has 1 unspecified atom stereocenters. The standard InChI is InChI=1S/C16H18N6O.ClH/c1-9(15-19-12-4-2-3-5-13(12)20-15)18-16(23)14-10-8-17-7-6-11(10)21-22-14;/h2-5,9,17H,6-8H2,1H3,(H,18,23)(H,19,20)(H,21,22);1H. The highest BCUT2D eigenvalue weighted by Crippen LogP contribution is 2.18. The van der Waals surface area contributed by atoms with E-state index in [0.29, 0.717) is 12.2 Å². The molecular weight excluding hydrogens is 328 g/mol. The molecule has 0 spiro atoms. The summed E-state index contributed by atoms with van der Waals surface area (Å²) in [5, 5.41) is 13.4. The molecule has 0 fully saturated rings. The van der Waals surface area contributed by atoms with Gasteiger partial charge in [-0.2, -0.15) is 5.10 Å². The Morgan fingerprint density at radius 3 is 3.00 bits per heavy atom. The van der Waals surface area contributed by atoms with Crippen molar-refractivity contribution in [3.05, 3.63) is 47.0 Å². The van der Waals surface area contributed by atoms with E-state index < -0.39 is 0 Å². The first kappa shape index (κ1) is 16.5. The summed E-state index contributed by atoms with van der Waals surface area (Å²) in [6.07, 6.45) is 0.870. The fourth-order valence-corrected chi connectivity index (χ4v) is 2.92. The number of aromatic amines is 2. The zero-order valence-corrected chi connectivity index (χ0v) is 14.0. The van der Waals surface area contributed by atoms with Crippen LogP contribution in [0.4, 0.5) is 0 Å². The lowest BCUT2D eigenvalue weighted by molar-refractivity contribution is 0.0932. The number of nitrogens with zero attached hydrogens (tertiary/aromatic N) is 2. The normalized spacial score (nSPS) is 14.7. The molecule has 4 N–H and O–H groups in total. The molecule has 3 heterocycles. The van der Waals surface area contributed by atoms with Crippen molar-refractivity contribution >= 4 is 29.3 Å². The van der Waals surface area contributed by atoms with E-state index in [4.69, 9.17) is 0 Å². The Morgan fingerprint density at radius 1 is 1.33 bits per heavy atom. The minimum Gasteiger partial charge on any atom is -0.341 e. The van der Waals surface area contributed by atoms with Crippen LogP contribution < -0.4 is 10.6 Å². The minimum absolute atomic E-state index is 0. The van der Waals surface area contributed by atoms with Gasteiger partial charge in [-0.1, -0.05) is 12.1 Å². The third-order valence-electron chi connectivity index (χ3n) is 4.19. The van der Waals surface area contributed by atoms with Crippen molar-refractivity contribution in [1.82, 2.24) is 30.8 Å². The molecule has 24 heavy (non-hydrogen) atoms. The fourth-order valence-electron chi connectivity index (χ4n) is 2.92. The molecule has 1 amide bonds. The Balaban J connectivity index is 0.00000169. The largest absolute Gasteiger partial charge is 0.341 e. The van der Waals surface area contributed by atoms with Gasteiger partial charge < -0.3 is 15.6 Å². The zero-order chi connectivity index (χ0) is 15.8. The van der Waals surface area contributed by atoms with Crippen molar-refractivity contribution in [3.8, 4) is 0 Å². The summed E-state index contributed by atoms with van der Waals surface area (Å²) in [7, 11) is 0. The second kappa shape index (κ2) is 6.62. The van der Waals surface area contributed by atoms with E-state index in [0.717, 1.165) is 41.1 Å². The van der Waals surface area contributed by atoms with Gasteiger partial charge in [-0.25, -0.2) is 4.98 Å². The number of hydrogen-bond acceptors (Lipinski definition) is 4. The van der Waals surface area contributed by atoms with E-state index in [2.05, 4.69) is 30.8 Å². The summed E-state index contributed by atoms with van der Waals surface area (Å²) in [6, 6.07) is 7.59. The highest BCUT2D eigenvalue weighted by atomic mass is 35.5. The molecule has 2 aromatic heterocycles. The van der Waals surface area contributed by atoms with Crippen molar-refractivity contribution in [1.29, 1.82) is 0 Å². The molecule has 0 bridgehead atoms. The zero-order valence-electron chi connectivity index (χ0n) is 13.2. The van der Waals surface area contributed by atoms with Gasteiger partial charge >= 0.3 is 0 Å². The second-order valence-corrected chi connectivity index (χ2v) is 5.79. The van der Waals surface area contributed by atoms with Crippen LogP contribution in [0.3, 0.4) is 0 Å². The van der Waals surface area contributed by atoms with Crippen molar-refractivity contribution < 1.29 is 4.79 Å². The number of amides is 1. The summed E-state index contributed by atoms with van der Waals surface area (Å²) in [4.78, 5) is 20.3. The number of aromatic nitrogens is 4. The number of fused-ring (bicyclic) bond motifs is 2. The van der Waals surface area contributed by atoms with E-state index in [1.165, 1.54) is 0 Å². The summed E-state index contributed by atoms with van der Waals surface area (Å²) < 4.78 is 0. The predicted molar refractivity (Wildman–Crippen MR) is 93.2 cm³/mol. The number of benzene rings is 1. The molecule has 0 saturated carbocycles. The van der Waals surface area contributed by atoms with Gasteiger partial charge in [0.2, 0.25) is 0 Å². The summed E-state index contributed by atoms with van der Waals surface area (Å²) in [6.45, 7) is 3.49. The average molecular weight is 347 g/mol. The molecule has 1 aliphatic heterocycles. The maximum Gasteiger partial charge on any atom is 0.272 e. The maximum atomic E-state index is 12.5. The Morgan fingerprint density at radius 2 is 2.17 bits per heavy atom. The number of carbonyl (C=O) groups excluding carboxylic acids is 1. The number of imidazole rings is 1. The Hall–Kier alpha value is -2.38. The van der Waals surface area contributed by atoms with Crippen LogP contribution in [0.2, 0.25) is 0 Å². The molecule has 4 rings (SSSR count). The van der Waals surface area contributed by atoms with Crippen LogP contribution in [-0.2, 0) is 13.0 Å². The number of carbonyl (C=O) groups is 1. The average Bonchev–Trinajstić information content (AvgIpc) is 3.18. The number of para-hydroxylation sites is 2. The van der Waals surface area contributed by atoms with Crippen LogP contribution in [0.5, 0.6) is 0 Å². The van der Waals surface area contributed by atoms with Crippen LogP contribution in [0, 0.1) is 0 Å². The third-order valence-corrected chi connectivity index (χ3v) is 4.19. The monoisotopic (exact) mass is 346 g/mol. The fraction of sp³-hybridized carbons (Fsp3) is 0.312. The van der Waals surface area contributed by atoms with E-state index in [-0.39, 0.29) is 24.4 Å². The van der Waals surface area contributed by atoms with Gasteiger partial charge in [0, 0.05) is 30.8 Å². The Bertz CT molecular complexity index is 837. The van der Waals surface area contributed by atoms with Gasteiger partial charge in [-0.3, -0.25) is 9.89 Å². The number of halogens is 1. The van der Waals surface area contributed by atoms with Crippen LogP contribution in [0.15, 0.2) is 24.3 Å². The van der Waals surface area contributed by atoms with Crippen molar-refractivity contribution in [3.63, 3.8) is 0 Å². The summed E-state index contributed by atoms with van der Waals surface area (Å²) >= 11 is 0. The van der Waals surface area contributed by atoms with Gasteiger partial charge in [0.05, 0.1) is 17.1 Å². The lowest BCUT2D eigenvalue weighted by Crippen LogP contribution is -2.30. The molecule has 126 valence electrons. The predicted octanol–water partition coefficient (Wildman–Crippen LogP) is 1.84. The van der Waals surface area contributed by atoms with Crippen molar-refractivity contribution in [2.45, 2.75) is 25.9 Å². The molecule has 8 heteroatoms. The highest BCUT2D eigenvalue weighted by Gasteiger charge is 2.23. The Kier molecular flexibility index (Phi) is 4.55. The van der Waals surface area contributed by atoms with Crippen LogP contribution in [-0.4, -0.2) is 32.6 Å². The van der Waals surface area contributed by atoms with Crippen LogP contribution in [0.25, 0.3) is 11.0 Å². The summed E-state index contributed by atoms with van der Waals surface area (Å²) in [5.41, 5.74) is 4.33. The van der Waals surface area contributed by atoms with Gasteiger partial charge in [-0.15, -0.1) is 12.4 Å². The molecule has 0 saturated heterocycles. The van der Waals surface area contributed by atoms with Gasteiger partial charge in [-0.05, 0) is 19.1 Å². The molecule has 3 aromatic rings. The molecule has 1 aromatic carbocycles. The number of hydrogen-bond donors (Lipinski definition) is 4. The minimum atomic E-state index is -0.223. The molecule has 7 nitrogen and oxygen atoms in total. The lowest BCUT2D eigenvalue weighted by Gasteiger charge is -2.14. The maximum absolute atomic E-state index is 12.5. The van der Waals surface area contributed by atoms with Gasteiger partial charge in [0.25, 0.3) is 5.91 Å². The highest BCUT2D eigenvalue weighted by molar-refractivity contribution is 5.94.